The van der Waals surface area contributed by atoms with Gasteiger partial charge in [-0.1, -0.05) is 51.0 Å². The number of hydrogen-bond donors (Lipinski definition) is 0. The molecule has 0 amide bonds. The van der Waals surface area contributed by atoms with Crippen LogP contribution >= 0.6 is 0 Å². The number of ether oxygens (including phenoxy) is 1. The maximum atomic E-state index is 10.9. The van der Waals surface area contributed by atoms with Crippen LogP contribution in [0.25, 0.3) is 0 Å². The van der Waals surface area contributed by atoms with Gasteiger partial charge in [0.25, 0.3) is 0 Å². The molecule has 0 saturated carbocycles. The average Bonchev–Trinajstić information content (AvgIpc) is 2.32. The molecule has 1 atom stereocenters. The van der Waals surface area contributed by atoms with Crippen LogP contribution in [-0.2, 0) is 9.53 Å². The number of carbonyl (C=O) groups excluding carboxylic acids is 1. The number of rotatable bonds is 11. The van der Waals surface area contributed by atoms with Gasteiger partial charge in [-0.05, 0) is 32.1 Å². The van der Waals surface area contributed by atoms with Crippen LogP contribution in [-0.4, -0.2) is 12.1 Å². The fourth-order valence-corrected chi connectivity index (χ4v) is 2.00. The zero-order chi connectivity index (χ0) is 13.6. The van der Waals surface area contributed by atoms with Gasteiger partial charge in [0.1, 0.15) is 6.10 Å². The summed E-state index contributed by atoms with van der Waals surface area (Å²) in [7, 11) is 0. The lowest BCUT2D eigenvalue weighted by Gasteiger charge is -2.15. The van der Waals surface area contributed by atoms with E-state index in [1.807, 2.05) is 12.2 Å². The first-order valence-electron chi connectivity index (χ1n) is 7.15. The van der Waals surface area contributed by atoms with Crippen molar-refractivity contribution in [3.63, 3.8) is 0 Å². The second kappa shape index (κ2) is 12.4. The van der Waals surface area contributed by atoms with Gasteiger partial charge in [0.15, 0.2) is 0 Å². The van der Waals surface area contributed by atoms with Crippen molar-refractivity contribution in [2.24, 2.45) is 0 Å². The summed E-state index contributed by atoms with van der Waals surface area (Å²) in [6.07, 6.45) is 15.2. The predicted molar refractivity (Wildman–Crippen MR) is 77.5 cm³/mol. The lowest BCUT2D eigenvalue weighted by atomic mass is 10.0. The van der Waals surface area contributed by atoms with Crippen LogP contribution in [0.2, 0.25) is 0 Å². The second-order valence-electron chi connectivity index (χ2n) is 4.68. The Morgan fingerprint density at radius 1 is 1.22 bits per heavy atom. The number of hydrogen-bond acceptors (Lipinski definition) is 2. The Kier molecular flexibility index (Phi) is 11.7. The van der Waals surface area contributed by atoms with E-state index in [0.29, 0.717) is 0 Å². The summed E-state index contributed by atoms with van der Waals surface area (Å²) in [6.45, 7) is 7.26. The van der Waals surface area contributed by atoms with Gasteiger partial charge in [-0.25, -0.2) is 0 Å². The molecule has 0 fully saturated rings. The van der Waals surface area contributed by atoms with Crippen molar-refractivity contribution >= 4 is 5.97 Å². The largest absolute Gasteiger partial charge is 0.463 e. The number of allylic oxidation sites excluding steroid dienone is 3. The molecule has 0 bridgehead atoms. The quantitative estimate of drug-likeness (QED) is 0.300. The molecular formula is C16H28O2. The zero-order valence-electron chi connectivity index (χ0n) is 12.0. The average molecular weight is 252 g/mol. The minimum atomic E-state index is -0.150. The van der Waals surface area contributed by atoms with Gasteiger partial charge in [-0.15, -0.1) is 0 Å². The number of carbonyl (C=O) groups is 1. The van der Waals surface area contributed by atoms with Crippen LogP contribution in [0.15, 0.2) is 24.8 Å². The molecule has 104 valence electrons. The molecule has 0 radical (unpaired) electrons. The van der Waals surface area contributed by atoms with E-state index in [0.717, 1.165) is 32.1 Å². The molecule has 0 aliphatic carbocycles. The van der Waals surface area contributed by atoms with Gasteiger partial charge >= 0.3 is 5.97 Å². The topological polar surface area (TPSA) is 26.3 Å². The van der Waals surface area contributed by atoms with Crippen molar-refractivity contribution in [3.05, 3.63) is 24.8 Å². The second-order valence-corrected chi connectivity index (χ2v) is 4.68. The van der Waals surface area contributed by atoms with Crippen molar-refractivity contribution in [1.82, 2.24) is 0 Å². The van der Waals surface area contributed by atoms with Crippen molar-refractivity contribution < 1.29 is 9.53 Å². The van der Waals surface area contributed by atoms with E-state index in [-0.39, 0.29) is 12.1 Å². The minimum absolute atomic E-state index is 0.133. The molecule has 1 unspecified atom stereocenters. The van der Waals surface area contributed by atoms with Crippen LogP contribution in [0.5, 0.6) is 0 Å². The molecule has 0 N–H and O–H groups in total. The smallest absolute Gasteiger partial charge is 0.302 e. The Bertz CT molecular complexity index is 243. The Hall–Kier alpha value is -1.05. The zero-order valence-corrected chi connectivity index (χ0v) is 12.0. The molecule has 18 heavy (non-hydrogen) atoms. The summed E-state index contributed by atoms with van der Waals surface area (Å²) in [5.41, 5.74) is 0. The van der Waals surface area contributed by atoms with Crippen molar-refractivity contribution in [2.75, 3.05) is 0 Å². The van der Waals surface area contributed by atoms with Crippen LogP contribution in [0.3, 0.4) is 0 Å². The summed E-state index contributed by atoms with van der Waals surface area (Å²) in [5.74, 6) is -0.150. The van der Waals surface area contributed by atoms with Gasteiger partial charge in [0.2, 0.25) is 0 Å². The molecular weight excluding hydrogens is 224 g/mol. The Morgan fingerprint density at radius 2 is 1.94 bits per heavy atom. The van der Waals surface area contributed by atoms with E-state index in [4.69, 9.17) is 4.74 Å². The summed E-state index contributed by atoms with van der Waals surface area (Å²) in [4.78, 5) is 10.9. The fourth-order valence-electron chi connectivity index (χ4n) is 2.00. The van der Waals surface area contributed by atoms with E-state index in [1.54, 1.807) is 0 Å². The van der Waals surface area contributed by atoms with Crippen molar-refractivity contribution in [1.29, 1.82) is 0 Å². The monoisotopic (exact) mass is 252 g/mol. The summed E-state index contributed by atoms with van der Waals surface area (Å²) >= 11 is 0. The SMILES string of the molecule is C=C/C=C/CCCCCCC(CCC)OC(C)=O. The summed E-state index contributed by atoms with van der Waals surface area (Å²) in [6, 6.07) is 0. The third kappa shape index (κ3) is 11.4. The third-order valence-corrected chi connectivity index (χ3v) is 2.86. The van der Waals surface area contributed by atoms with E-state index < -0.39 is 0 Å². The van der Waals surface area contributed by atoms with Crippen LogP contribution in [0.4, 0.5) is 0 Å². The normalized spacial score (nSPS) is 12.6. The molecule has 2 heteroatoms. The van der Waals surface area contributed by atoms with Crippen LogP contribution in [0.1, 0.15) is 65.2 Å². The molecule has 2 nitrogen and oxygen atoms in total. The number of esters is 1. The molecule has 0 saturated heterocycles. The highest BCUT2D eigenvalue weighted by Gasteiger charge is 2.09. The number of unbranched alkanes of at least 4 members (excludes halogenated alkanes) is 4. The lowest BCUT2D eigenvalue weighted by Crippen LogP contribution is -2.15. The molecule has 0 aromatic rings. The Morgan fingerprint density at radius 3 is 2.56 bits per heavy atom. The molecule has 0 aliphatic heterocycles. The highest BCUT2D eigenvalue weighted by Crippen LogP contribution is 2.13. The molecule has 0 aromatic carbocycles. The van der Waals surface area contributed by atoms with Gasteiger partial charge in [0, 0.05) is 6.92 Å². The van der Waals surface area contributed by atoms with Gasteiger partial charge in [-0.2, -0.15) is 0 Å². The summed E-state index contributed by atoms with van der Waals surface area (Å²) in [5, 5.41) is 0. The van der Waals surface area contributed by atoms with Gasteiger partial charge < -0.3 is 4.74 Å². The van der Waals surface area contributed by atoms with Crippen LogP contribution < -0.4 is 0 Å². The van der Waals surface area contributed by atoms with Crippen LogP contribution in [0, 0.1) is 0 Å². The Balaban J connectivity index is 3.51. The first-order valence-corrected chi connectivity index (χ1v) is 7.15. The predicted octanol–water partition coefficient (Wildman–Crippen LogP) is 4.80. The third-order valence-electron chi connectivity index (χ3n) is 2.86. The maximum absolute atomic E-state index is 10.9. The van der Waals surface area contributed by atoms with E-state index in [2.05, 4.69) is 19.6 Å². The standard InChI is InChI=1S/C16H28O2/c1-4-6-7-8-9-10-11-12-14-16(13-5-2)18-15(3)17/h4,6-7,16H,1,5,8-14H2,2-3H3/b7-6+. The Labute approximate surface area is 112 Å². The summed E-state index contributed by atoms with van der Waals surface area (Å²) < 4.78 is 5.29. The molecule has 0 heterocycles. The highest BCUT2D eigenvalue weighted by molar-refractivity contribution is 5.66. The van der Waals surface area contributed by atoms with Crippen molar-refractivity contribution in [3.8, 4) is 0 Å². The molecule has 0 spiro atoms. The molecule has 0 rings (SSSR count). The fraction of sp³-hybridized carbons (Fsp3) is 0.688. The van der Waals surface area contributed by atoms with Gasteiger partial charge in [-0.3, -0.25) is 4.79 Å². The van der Waals surface area contributed by atoms with Crippen molar-refractivity contribution in [2.45, 2.75) is 71.3 Å². The first-order chi connectivity index (χ1) is 8.70. The maximum Gasteiger partial charge on any atom is 0.302 e. The first kappa shape index (κ1) is 16.9. The van der Waals surface area contributed by atoms with E-state index in [1.165, 1.54) is 26.2 Å². The van der Waals surface area contributed by atoms with Gasteiger partial charge in [0.05, 0.1) is 0 Å². The lowest BCUT2D eigenvalue weighted by molar-refractivity contribution is -0.147. The molecule has 0 aliphatic rings. The van der Waals surface area contributed by atoms with E-state index in [9.17, 15) is 4.79 Å². The molecule has 0 aromatic heterocycles. The van der Waals surface area contributed by atoms with E-state index >= 15 is 0 Å². The highest BCUT2D eigenvalue weighted by atomic mass is 16.5. The minimum Gasteiger partial charge on any atom is -0.463 e.